The number of hydrogen-bond donors (Lipinski definition) is 3. The molecule has 3 N–H and O–H groups in total. The third kappa shape index (κ3) is 7.48. The molecular formula is C29H27F3N3O5. The van der Waals surface area contributed by atoms with Gasteiger partial charge < -0.3 is 25.0 Å². The van der Waals surface area contributed by atoms with Crippen LogP contribution in [0.2, 0.25) is 0 Å². The summed E-state index contributed by atoms with van der Waals surface area (Å²) in [6.45, 7) is 4.13. The van der Waals surface area contributed by atoms with Gasteiger partial charge in [-0.25, -0.2) is 13.2 Å². The second-order valence-corrected chi connectivity index (χ2v) is 8.52. The van der Waals surface area contributed by atoms with Crippen LogP contribution < -0.4 is 20.8 Å². The molecule has 1 radical (unpaired) electrons. The molecule has 0 fully saturated rings. The summed E-state index contributed by atoms with van der Waals surface area (Å²) in [5.74, 6) is -5.76. The molecule has 0 bridgehead atoms. The van der Waals surface area contributed by atoms with Gasteiger partial charge in [0, 0.05) is 49.1 Å². The van der Waals surface area contributed by atoms with Crippen molar-refractivity contribution in [3.63, 3.8) is 0 Å². The molecule has 0 saturated heterocycles. The van der Waals surface area contributed by atoms with Crippen molar-refractivity contribution in [3.05, 3.63) is 124 Å². The van der Waals surface area contributed by atoms with Crippen LogP contribution in [0, 0.1) is 23.9 Å². The van der Waals surface area contributed by atoms with E-state index in [0.29, 0.717) is 17.7 Å². The zero-order chi connectivity index (χ0) is 29.2. The second kappa shape index (κ2) is 13.9. The quantitative estimate of drug-likeness (QED) is 0.296. The van der Waals surface area contributed by atoms with Crippen LogP contribution in [0.3, 0.4) is 0 Å². The lowest BCUT2D eigenvalue weighted by Gasteiger charge is -2.18. The summed E-state index contributed by atoms with van der Waals surface area (Å²) in [6, 6.07) is 9.19. The van der Waals surface area contributed by atoms with Crippen LogP contribution in [-0.2, 0) is 13.2 Å². The van der Waals surface area contributed by atoms with E-state index < -0.39 is 64.2 Å². The van der Waals surface area contributed by atoms with Crippen LogP contribution in [-0.4, -0.2) is 34.1 Å². The number of aliphatic hydroxyl groups is 1. The molecule has 0 aliphatic heterocycles. The largest absolute Gasteiger partial charge is 0.483 e. The Hall–Kier alpha value is -4.64. The Morgan fingerprint density at radius 3 is 2.42 bits per heavy atom. The molecule has 3 aromatic rings. The Morgan fingerprint density at radius 1 is 1.12 bits per heavy atom. The highest BCUT2D eigenvalue weighted by Gasteiger charge is 2.26. The Bertz CT molecular complexity index is 1450. The first-order valence-electron chi connectivity index (χ1n) is 12.1. The van der Waals surface area contributed by atoms with Gasteiger partial charge in [-0.2, -0.15) is 0 Å². The van der Waals surface area contributed by atoms with Gasteiger partial charge in [-0.3, -0.25) is 14.4 Å². The van der Waals surface area contributed by atoms with Crippen LogP contribution in [0.4, 0.5) is 13.2 Å². The monoisotopic (exact) mass is 554 g/mol. The zero-order valence-corrected chi connectivity index (χ0v) is 21.5. The van der Waals surface area contributed by atoms with Gasteiger partial charge in [0.15, 0.2) is 11.4 Å². The third-order valence-electron chi connectivity index (χ3n) is 5.61. The molecule has 2 aromatic carbocycles. The van der Waals surface area contributed by atoms with E-state index in [4.69, 9.17) is 9.84 Å². The lowest BCUT2D eigenvalue weighted by atomic mass is 10.1. The Morgan fingerprint density at radius 2 is 1.80 bits per heavy atom. The van der Waals surface area contributed by atoms with Gasteiger partial charge >= 0.3 is 0 Å². The molecule has 1 aromatic heterocycles. The van der Waals surface area contributed by atoms with Crippen molar-refractivity contribution in [1.82, 2.24) is 15.2 Å². The minimum atomic E-state index is -1.21. The van der Waals surface area contributed by atoms with Gasteiger partial charge in [0.05, 0.1) is 6.61 Å². The van der Waals surface area contributed by atoms with Crippen LogP contribution in [0.1, 0.15) is 38.9 Å². The summed E-state index contributed by atoms with van der Waals surface area (Å²) < 4.78 is 48.4. The van der Waals surface area contributed by atoms with Gasteiger partial charge in [0.2, 0.25) is 5.43 Å². The molecule has 11 heteroatoms. The van der Waals surface area contributed by atoms with E-state index in [2.05, 4.69) is 17.2 Å². The molecule has 1 atom stereocenters. The number of benzene rings is 2. The maximum atomic E-state index is 14.1. The first-order valence-corrected chi connectivity index (χ1v) is 12.1. The van der Waals surface area contributed by atoms with E-state index in [-0.39, 0.29) is 18.9 Å². The maximum absolute atomic E-state index is 14.1. The van der Waals surface area contributed by atoms with E-state index >= 15 is 0 Å². The van der Waals surface area contributed by atoms with Gasteiger partial charge in [-0.1, -0.05) is 42.5 Å². The first kappa shape index (κ1) is 29.9. The summed E-state index contributed by atoms with van der Waals surface area (Å²) in [4.78, 5) is 39.8. The van der Waals surface area contributed by atoms with Crippen LogP contribution >= 0.6 is 0 Å². The van der Waals surface area contributed by atoms with Gasteiger partial charge in [0.25, 0.3) is 11.8 Å². The van der Waals surface area contributed by atoms with Crippen LogP contribution in [0.5, 0.6) is 5.75 Å². The van der Waals surface area contributed by atoms with E-state index in [0.717, 1.165) is 10.8 Å². The maximum Gasteiger partial charge on any atom is 0.272 e. The number of aromatic nitrogens is 1. The van der Waals surface area contributed by atoms with Crippen molar-refractivity contribution in [3.8, 4) is 5.75 Å². The summed E-state index contributed by atoms with van der Waals surface area (Å²) in [7, 11) is 0. The minimum absolute atomic E-state index is 0.128. The SMILES string of the molecule is C=C[C@H](C)NC(=O)c1c(OCc2ccccc2)c(=O)c(C(=O)NCc2c(F)cc(F)cc2F)cn1C=C[CH]CO. The average Bonchev–Trinajstić information content (AvgIpc) is 2.92. The fourth-order valence-corrected chi connectivity index (χ4v) is 3.53. The summed E-state index contributed by atoms with van der Waals surface area (Å²) >= 11 is 0. The van der Waals surface area contributed by atoms with E-state index in [1.165, 1.54) is 24.8 Å². The number of amides is 2. The molecule has 209 valence electrons. The number of pyridine rings is 1. The van der Waals surface area contributed by atoms with E-state index in [1.54, 1.807) is 37.3 Å². The molecule has 0 saturated carbocycles. The molecule has 1 heterocycles. The molecule has 8 nitrogen and oxygen atoms in total. The van der Waals surface area contributed by atoms with Crippen molar-refractivity contribution in [2.24, 2.45) is 0 Å². The van der Waals surface area contributed by atoms with Crippen molar-refractivity contribution in [2.45, 2.75) is 26.1 Å². The van der Waals surface area contributed by atoms with Gasteiger partial charge in [-0.05, 0) is 12.5 Å². The van der Waals surface area contributed by atoms with Crippen LogP contribution in [0.25, 0.3) is 6.20 Å². The van der Waals surface area contributed by atoms with E-state index in [1.807, 2.05) is 0 Å². The molecule has 0 aliphatic rings. The highest BCUT2D eigenvalue weighted by molar-refractivity contribution is 5.99. The lowest BCUT2D eigenvalue weighted by molar-refractivity contribution is 0.0923. The molecule has 0 unspecified atom stereocenters. The molecule has 3 rings (SSSR count). The minimum Gasteiger partial charge on any atom is -0.483 e. The molecule has 40 heavy (non-hydrogen) atoms. The topological polar surface area (TPSA) is 110 Å². The van der Waals surface area contributed by atoms with Crippen molar-refractivity contribution >= 4 is 18.0 Å². The smallest absolute Gasteiger partial charge is 0.272 e. The normalized spacial score (nSPS) is 11.7. The predicted molar refractivity (Wildman–Crippen MR) is 143 cm³/mol. The number of halogens is 3. The average molecular weight is 555 g/mol. The zero-order valence-electron chi connectivity index (χ0n) is 21.5. The molecule has 0 spiro atoms. The Balaban J connectivity index is 2.09. The Labute approximate surface area is 228 Å². The predicted octanol–water partition coefficient (Wildman–Crippen LogP) is 3.75. The number of carbonyl (C=O) groups excluding carboxylic acids is 2. The molecular weight excluding hydrogens is 527 g/mol. The second-order valence-electron chi connectivity index (χ2n) is 8.52. The lowest BCUT2D eigenvalue weighted by Crippen LogP contribution is -2.36. The number of nitrogens with one attached hydrogen (secondary N) is 2. The van der Waals surface area contributed by atoms with E-state index in [9.17, 15) is 27.6 Å². The number of carbonyl (C=O) groups is 2. The van der Waals surface area contributed by atoms with Gasteiger partial charge in [0.1, 0.15) is 29.6 Å². The van der Waals surface area contributed by atoms with Crippen LogP contribution in [0.15, 0.2) is 72.2 Å². The number of rotatable bonds is 12. The molecule has 2 amide bonds. The third-order valence-corrected chi connectivity index (χ3v) is 5.61. The number of ether oxygens (including phenoxy) is 1. The first-order chi connectivity index (χ1) is 19.2. The summed E-state index contributed by atoms with van der Waals surface area (Å²) in [6.07, 6.45) is 6.56. The van der Waals surface area contributed by atoms with Crippen molar-refractivity contribution < 1.29 is 32.6 Å². The number of nitrogens with zero attached hydrogens (tertiary/aromatic N) is 1. The summed E-state index contributed by atoms with van der Waals surface area (Å²) in [5, 5.41) is 14.0. The Kier molecular flexibility index (Phi) is 10.4. The van der Waals surface area contributed by atoms with Crippen molar-refractivity contribution in [2.75, 3.05) is 6.61 Å². The standard InChI is InChI=1S/C29H27F3N3O5/c1-3-18(2)34-29(39)25-27(40-17-19-9-5-4-6-10-19)26(37)22(16-35(25)11-7-8-12-36)28(38)33-15-21-23(31)13-20(30)14-24(21)32/h3-11,13-14,16,18,36H,1,12,15,17H2,2H3,(H,33,38)(H,34,39)/t18-/m0/s1. The summed E-state index contributed by atoms with van der Waals surface area (Å²) in [5.41, 5.74) is -1.65. The highest BCUT2D eigenvalue weighted by atomic mass is 19.1. The number of aliphatic hydroxyl groups excluding tert-OH is 1. The van der Waals surface area contributed by atoms with Gasteiger partial charge in [-0.15, -0.1) is 6.58 Å². The fraction of sp³-hybridized carbons (Fsp3) is 0.172. The highest BCUT2D eigenvalue weighted by Crippen LogP contribution is 2.20. The fourth-order valence-electron chi connectivity index (χ4n) is 3.53. The number of hydrogen-bond acceptors (Lipinski definition) is 5. The molecule has 0 aliphatic carbocycles. The van der Waals surface area contributed by atoms with Crippen molar-refractivity contribution in [1.29, 1.82) is 0 Å².